The molecule has 2 nitrogen and oxygen atoms in total. The minimum Gasteiger partial charge on any atom is -0.388 e. The first-order chi connectivity index (χ1) is 6.04. The first-order valence-corrected chi connectivity index (χ1v) is 5.38. The molecule has 0 rings (SSSR count). The van der Waals surface area contributed by atoms with Crippen LogP contribution in [-0.2, 0) is 4.74 Å². The summed E-state index contributed by atoms with van der Waals surface area (Å²) in [5, 5.41) is 9.53. The average molecular weight is 202 g/mol. The van der Waals surface area contributed by atoms with E-state index in [4.69, 9.17) is 4.74 Å². The van der Waals surface area contributed by atoms with Gasteiger partial charge in [-0.25, -0.2) is 0 Å². The standard InChI is InChI=1S/C12H26O2/c1-9(11(3,4)5)10(2)14-8-12(6,7)13/h9-10,13H,8H2,1-7H3/t9-,10-/m1/s1. The number of hydrogen-bond acceptors (Lipinski definition) is 2. The van der Waals surface area contributed by atoms with Crippen LogP contribution in [0.5, 0.6) is 0 Å². The third-order valence-electron chi connectivity index (χ3n) is 2.77. The summed E-state index contributed by atoms with van der Waals surface area (Å²) < 4.78 is 5.64. The molecule has 0 aliphatic rings. The fourth-order valence-electron chi connectivity index (χ4n) is 1.18. The summed E-state index contributed by atoms with van der Waals surface area (Å²) >= 11 is 0. The molecule has 0 saturated heterocycles. The Hall–Kier alpha value is -0.0800. The summed E-state index contributed by atoms with van der Waals surface area (Å²) in [6, 6.07) is 0. The molecule has 0 aromatic carbocycles. The normalized spacial score (nSPS) is 18.0. The fraction of sp³-hybridized carbons (Fsp3) is 1.00. The third-order valence-corrected chi connectivity index (χ3v) is 2.77. The highest BCUT2D eigenvalue weighted by Crippen LogP contribution is 2.29. The maximum absolute atomic E-state index is 9.53. The molecule has 0 bridgehead atoms. The zero-order valence-electron chi connectivity index (χ0n) is 10.7. The highest BCUT2D eigenvalue weighted by atomic mass is 16.5. The van der Waals surface area contributed by atoms with E-state index in [9.17, 15) is 5.11 Å². The van der Waals surface area contributed by atoms with E-state index in [-0.39, 0.29) is 11.5 Å². The Morgan fingerprint density at radius 2 is 1.50 bits per heavy atom. The highest BCUT2D eigenvalue weighted by Gasteiger charge is 2.27. The summed E-state index contributed by atoms with van der Waals surface area (Å²) in [5.74, 6) is 0.477. The number of hydrogen-bond donors (Lipinski definition) is 1. The molecule has 0 amide bonds. The molecule has 0 heterocycles. The van der Waals surface area contributed by atoms with E-state index in [1.807, 2.05) is 0 Å². The minimum absolute atomic E-state index is 0.182. The van der Waals surface area contributed by atoms with Gasteiger partial charge in [-0.2, -0.15) is 0 Å². The van der Waals surface area contributed by atoms with Gasteiger partial charge in [0.2, 0.25) is 0 Å². The van der Waals surface area contributed by atoms with E-state index < -0.39 is 5.60 Å². The molecule has 0 aromatic heterocycles. The maximum Gasteiger partial charge on any atom is 0.0824 e. The molecule has 86 valence electrons. The van der Waals surface area contributed by atoms with Gasteiger partial charge in [-0.15, -0.1) is 0 Å². The van der Waals surface area contributed by atoms with Crippen molar-refractivity contribution in [3.8, 4) is 0 Å². The van der Waals surface area contributed by atoms with Crippen molar-refractivity contribution in [2.24, 2.45) is 11.3 Å². The first kappa shape index (κ1) is 13.9. The molecule has 0 unspecified atom stereocenters. The van der Waals surface area contributed by atoms with Crippen LogP contribution in [0.3, 0.4) is 0 Å². The van der Waals surface area contributed by atoms with Crippen molar-refractivity contribution in [1.29, 1.82) is 0 Å². The molecule has 1 N–H and O–H groups in total. The van der Waals surface area contributed by atoms with Crippen molar-refractivity contribution in [2.75, 3.05) is 6.61 Å². The number of rotatable bonds is 4. The van der Waals surface area contributed by atoms with Crippen molar-refractivity contribution in [3.63, 3.8) is 0 Å². The average Bonchev–Trinajstić information content (AvgIpc) is 1.95. The van der Waals surface area contributed by atoms with Gasteiger partial charge in [-0.1, -0.05) is 27.7 Å². The van der Waals surface area contributed by atoms with Crippen LogP contribution in [0, 0.1) is 11.3 Å². The smallest absolute Gasteiger partial charge is 0.0824 e. The minimum atomic E-state index is -0.730. The van der Waals surface area contributed by atoms with Gasteiger partial charge in [0.15, 0.2) is 0 Å². The lowest BCUT2D eigenvalue weighted by molar-refractivity contribution is -0.0762. The second kappa shape index (κ2) is 4.63. The van der Waals surface area contributed by atoms with Gasteiger partial charge in [0.25, 0.3) is 0 Å². The molecule has 2 atom stereocenters. The van der Waals surface area contributed by atoms with Crippen molar-refractivity contribution in [2.45, 2.75) is 60.2 Å². The second-order valence-electron chi connectivity index (χ2n) is 5.98. The zero-order chi connectivity index (χ0) is 11.6. The predicted molar refractivity (Wildman–Crippen MR) is 60.3 cm³/mol. The Bertz CT molecular complexity index is 162. The largest absolute Gasteiger partial charge is 0.388 e. The van der Waals surface area contributed by atoms with Crippen LogP contribution in [0.2, 0.25) is 0 Å². The monoisotopic (exact) mass is 202 g/mol. The summed E-state index contributed by atoms with van der Waals surface area (Å²) in [5.41, 5.74) is -0.481. The van der Waals surface area contributed by atoms with Gasteiger partial charge < -0.3 is 9.84 Å². The number of aliphatic hydroxyl groups is 1. The Kier molecular flexibility index (Phi) is 4.60. The molecule has 0 spiro atoms. The van der Waals surface area contributed by atoms with E-state index >= 15 is 0 Å². The molecule has 0 aliphatic carbocycles. The predicted octanol–water partition coefficient (Wildman–Crippen LogP) is 2.84. The van der Waals surface area contributed by atoms with Crippen molar-refractivity contribution in [1.82, 2.24) is 0 Å². The molecule has 0 radical (unpaired) electrons. The Labute approximate surface area is 88.7 Å². The van der Waals surface area contributed by atoms with Crippen molar-refractivity contribution in [3.05, 3.63) is 0 Å². The molecular weight excluding hydrogens is 176 g/mol. The van der Waals surface area contributed by atoms with Crippen LogP contribution in [0.15, 0.2) is 0 Å². The Morgan fingerprint density at radius 1 is 1.07 bits per heavy atom. The maximum atomic E-state index is 9.53. The first-order valence-electron chi connectivity index (χ1n) is 5.38. The molecule has 2 heteroatoms. The van der Waals surface area contributed by atoms with Crippen LogP contribution < -0.4 is 0 Å². The molecule has 0 saturated carbocycles. The molecule has 0 aromatic rings. The van der Waals surface area contributed by atoms with E-state index in [0.717, 1.165) is 0 Å². The van der Waals surface area contributed by atoms with Gasteiger partial charge >= 0.3 is 0 Å². The molecule has 14 heavy (non-hydrogen) atoms. The quantitative estimate of drug-likeness (QED) is 0.759. The number of ether oxygens (including phenoxy) is 1. The van der Waals surface area contributed by atoms with Crippen LogP contribution in [0.25, 0.3) is 0 Å². The van der Waals surface area contributed by atoms with Gasteiger partial charge in [-0.05, 0) is 32.1 Å². The molecular formula is C12H26O2. The Morgan fingerprint density at radius 3 is 1.79 bits per heavy atom. The van der Waals surface area contributed by atoms with Crippen LogP contribution >= 0.6 is 0 Å². The van der Waals surface area contributed by atoms with Crippen LogP contribution in [-0.4, -0.2) is 23.4 Å². The van der Waals surface area contributed by atoms with Gasteiger partial charge in [-0.3, -0.25) is 0 Å². The van der Waals surface area contributed by atoms with E-state index in [2.05, 4.69) is 34.6 Å². The van der Waals surface area contributed by atoms with Crippen molar-refractivity contribution >= 4 is 0 Å². The topological polar surface area (TPSA) is 29.5 Å². The van der Waals surface area contributed by atoms with E-state index in [0.29, 0.717) is 12.5 Å². The highest BCUT2D eigenvalue weighted by molar-refractivity contribution is 4.76. The lowest BCUT2D eigenvalue weighted by Gasteiger charge is -2.33. The van der Waals surface area contributed by atoms with Gasteiger partial charge in [0.1, 0.15) is 0 Å². The molecule has 0 fully saturated rings. The summed E-state index contributed by atoms with van der Waals surface area (Å²) in [7, 11) is 0. The van der Waals surface area contributed by atoms with E-state index in [1.54, 1.807) is 13.8 Å². The second-order valence-corrected chi connectivity index (χ2v) is 5.98. The zero-order valence-corrected chi connectivity index (χ0v) is 10.7. The Balaban J connectivity index is 4.03. The van der Waals surface area contributed by atoms with Crippen LogP contribution in [0.1, 0.15) is 48.5 Å². The van der Waals surface area contributed by atoms with Gasteiger partial charge in [0.05, 0.1) is 18.3 Å². The SMILES string of the molecule is C[C@H]([C@@H](C)OCC(C)(C)O)C(C)(C)C. The summed E-state index contributed by atoms with van der Waals surface area (Å²) in [4.78, 5) is 0. The summed E-state index contributed by atoms with van der Waals surface area (Å²) in [6.07, 6.45) is 0.182. The lowest BCUT2D eigenvalue weighted by atomic mass is 9.79. The summed E-state index contributed by atoms with van der Waals surface area (Å²) in [6.45, 7) is 14.8. The van der Waals surface area contributed by atoms with Crippen LogP contribution in [0.4, 0.5) is 0 Å². The van der Waals surface area contributed by atoms with Gasteiger partial charge in [0, 0.05) is 0 Å². The lowest BCUT2D eigenvalue weighted by Crippen LogP contribution is -2.34. The van der Waals surface area contributed by atoms with E-state index in [1.165, 1.54) is 0 Å². The fourth-order valence-corrected chi connectivity index (χ4v) is 1.18. The molecule has 0 aliphatic heterocycles. The van der Waals surface area contributed by atoms with Crippen molar-refractivity contribution < 1.29 is 9.84 Å². The third kappa shape index (κ3) is 5.61.